The van der Waals surface area contributed by atoms with Gasteiger partial charge in [-0.1, -0.05) is 73.9 Å². The fourth-order valence-electron chi connectivity index (χ4n) is 4.71. The summed E-state index contributed by atoms with van der Waals surface area (Å²) >= 11 is 1.47. The average molecular weight is 624 g/mol. The summed E-state index contributed by atoms with van der Waals surface area (Å²) in [7, 11) is 4.64. The Morgan fingerprint density at radius 2 is 1.25 bits per heavy atom. The van der Waals surface area contributed by atoms with Crippen molar-refractivity contribution in [2.75, 3.05) is 9.80 Å². The SMILES string of the molecule is [CH-]1CCCC2(C1)CCC2.[Cl][Ir+2].c1ccc(N2[CH-]N(c3ccccc3)c3nccnc32)cc1. The summed E-state index contributed by atoms with van der Waals surface area (Å²) in [5.74, 6) is 1.68. The molecule has 2 saturated carbocycles. The van der Waals surface area contributed by atoms with E-state index < -0.39 is 0 Å². The molecule has 1 aromatic heterocycles. The van der Waals surface area contributed by atoms with E-state index in [2.05, 4.69) is 60.0 Å². The third kappa shape index (κ3) is 5.17. The first-order valence-electron chi connectivity index (χ1n) is 11.1. The van der Waals surface area contributed by atoms with Crippen molar-refractivity contribution in [2.24, 2.45) is 5.41 Å². The molecule has 32 heavy (non-hydrogen) atoms. The minimum atomic E-state index is 0.840. The molecule has 2 heterocycles. The molecule has 2 aromatic carbocycles. The van der Waals surface area contributed by atoms with Crippen LogP contribution in [0.1, 0.15) is 44.9 Å². The largest absolute Gasteiger partial charge is 0.456 e. The Labute approximate surface area is 206 Å². The average Bonchev–Trinajstić information content (AvgIpc) is 3.26. The van der Waals surface area contributed by atoms with E-state index in [-0.39, 0.29) is 0 Å². The van der Waals surface area contributed by atoms with Crippen LogP contribution in [0.15, 0.2) is 73.1 Å². The normalized spacial score (nSPS) is 17.9. The molecule has 0 radical (unpaired) electrons. The third-order valence-electron chi connectivity index (χ3n) is 6.52. The maximum absolute atomic E-state index is 4.64. The Hall–Kier alpha value is -1.94. The summed E-state index contributed by atoms with van der Waals surface area (Å²) in [5, 5.41) is 0. The van der Waals surface area contributed by atoms with Crippen LogP contribution in [0.4, 0.5) is 23.0 Å². The predicted molar refractivity (Wildman–Crippen MR) is 128 cm³/mol. The van der Waals surface area contributed by atoms with Gasteiger partial charge in [-0.05, 0) is 24.3 Å². The Morgan fingerprint density at radius 3 is 1.62 bits per heavy atom. The van der Waals surface area contributed by atoms with E-state index in [9.17, 15) is 0 Å². The molecular weight excluding hydrogens is 596 g/mol. The van der Waals surface area contributed by atoms with E-state index in [1.807, 2.05) is 43.1 Å². The molecule has 0 amide bonds. The van der Waals surface area contributed by atoms with Crippen molar-refractivity contribution in [2.45, 2.75) is 44.9 Å². The zero-order valence-corrected chi connectivity index (χ0v) is 21.2. The number of para-hydroxylation sites is 2. The Bertz CT molecular complexity index is 893. The number of anilines is 4. The molecule has 1 spiro atoms. The van der Waals surface area contributed by atoms with Gasteiger partial charge < -0.3 is 16.2 Å². The zero-order valence-electron chi connectivity index (χ0n) is 18.0. The molecule has 0 saturated heterocycles. The number of aromatic nitrogens is 2. The molecular formula is C26H28ClIrN4. The zero-order chi connectivity index (χ0) is 22.2. The number of hydrogen-bond donors (Lipinski definition) is 0. The van der Waals surface area contributed by atoms with E-state index in [1.54, 1.807) is 12.4 Å². The Balaban J connectivity index is 0.000000185. The molecule has 3 aliphatic rings. The summed E-state index contributed by atoms with van der Waals surface area (Å²) in [6, 6.07) is 20.3. The van der Waals surface area contributed by atoms with Crippen molar-refractivity contribution >= 4 is 32.6 Å². The van der Waals surface area contributed by atoms with E-state index in [4.69, 9.17) is 0 Å². The molecule has 4 nitrogen and oxygen atoms in total. The molecule has 1 aliphatic heterocycles. The number of fused-ring (bicyclic) bond motifs is 1. The molecule has 0 bridgehead atoms. The van der Waals surface area contributed by atoms with Crippen molar-refractivity contribution in [3.8, 4) is 0 Å². The summed E-state index contributed by atoms with van der Waals surface area (Å²) < 4.78 is 0. The van der Waals surface area contributed by atoms with E-state index >= 15 is 0 Å². The van der Waals surface area contributed by atoms with Crippen LogP contribution in [0.25, 0.3) is 0 Å². The topological polar surface area (TPSA) is 32.3 Å². The first-order valence-corrected chi connectivity index (χ1v) is 14.1. The molecule has 6 heteroatoms. The van der Waals surface area contributed by atoms with Gasteiger partial charge in [0.2, 0.25) is 0 Å². The summed E-state index contributed by atoms with van der Waals surface area (Å²) in [5.41, 5.74) is 2.98. The predicted octanol–water partition coefficient (Wildman–Crippen LogP) is 7.51. The van der Waals surface area contributed by atoms with Crippen LogP contribution in [0.3, 0.4) is 0 Å². The van der Waals surface area contributed by atoms with Crippen molar-refractivity contribution in [3.05, 3.63) is 86.1 Å². The van der Waals surface area contributed by atoms with Crippen LogP contribution < -0.4 is 9.80 Å². The van der Waals surface area contributed by atoms with E-state index in [0.29, 0.717) is 0 Å². The van der Waals surface area contributed by atoms with Crippen molar-refractivity contribution < 1.29 is 17.9 Å². The van der Waals surface area contributed by atoms with Gasteiger partial charge in [0, 0.05) is 23.8 Å². The molecule has 0 atom stereocenters. The first-order chi connectivity index (χ1) is 15.8. The van der Waals surface area contributed by atoms with Crippen LogP contribution in [0.5, 0.6) is 0 Å². The van der Waals surface area contributed by atoms with Crippen molar-refractivity contribution in [1.82, 2.24) is 9.97 Å². The molecule has 6 rings (SSSR count). The fourth-order valence-corrected chi connectivity index (χ4v) is 4.71. The number of rotatable bonds is 2. The minimum Gasteiger partial charge on any atom is -0.456 e. The van der Waals surface area contributed by atoms with Crippen LogP contribution in [0, 0.1) is 18.5 Å². The standard InChI is InChI=1S/C17H13N4.C9H15.ClH.Ir/c1-3-7-14(8-4-1)20-13-21(15-9-5-2-6-10-15)17-16(20)18-11-12-19-17;1-2-5-9(6-3-1)7-4-8-9;;/h1-13H;2H,1,3-8H2;1H;/q2*-1;;+3/p-1. The molecule has 2 fully saturated rings. The second kappa shape index (κ2) is 11.3. The van der Waals surface area contributed by atoms with Crippen LogP contribution in [0.2, 0.25) is 0 Å². The Kier molecular flexibility index (Phi) is 8.18. The third-order valence-corrected chi connectivity index (χ3v) is 6.52. The van der Waals surface area contributed by atoms with Crippen molar-refractivity contribution in [3.63, 3.8) is 0 Å². The molecule has 168 valence electrons. The van der Waals surface area contributed by atoms with Gasteiger partial charge in [-0.3, -0.25) is 0 Å². The van der Waals surface area contributed by atoms with Crippen LogP contribution in [-0.2, 0) is 17.9 Å². The van der Waals surface area contributed by atoms with Gasteiger partial charge >= 0.3 is 27.5 Å². The van der Waals surface area contributed by atoms with Gasteiger partial charge in [-0.15, -0.1) is 6.67 Å². The van der Waals surface area contributed by atoms with Crippen LogP contribution in [-0.4, -0.2) is 9.97 Å². The number of benzene rings is 2. The van der Waals surface area contributed by atoms with Crippen molar-refractivity contribution in [1.29, 1.82) is 0 Å². The van der Waals surface area contributed by atoms with Gasteiger partial charge in [0.25, 0.3) is 0 Å². The molecule has 0 unspecified atom stereocenters. The minimum absolute atomic E-state index is 0.840. The maximum Gasteiger partial charge on any atom is 0.145 e. The van der Waals surface area contributed by atoms with Gasteiger partial charge in [0.15, 0.2) is 0 Å². The smallest absolute Gasteiger partial charge is 0.145 e. The number of halogens is 1. The number of hydrogen-bond acceptors (Lipinski definition) is 4. The van der Waals surface area contributed by atoms with Gasteiger partial charge in [-0.25, -0.2) is 9.97 Å². The summed E-state index contributed by atoms with van der Waals surface area (Å²) in [6.45, 7) is 2.02. The van der Waals surface area contributed by atoms with Gasteiger partial charge in [0.1, 0.15) is 11.6 Å². The quantitative estimate of drug-likeness (QED) is 0.277. The van der Waals surface area contributed by atoms with E-state index in [1.165, 1.54) is 62.8 Å². The van der Waals surface area contributed by atoms with Crippen LogP contribution >= 0.6 is 9.58 Å². The second-order valence-electron chi connectivity index (χ2n) is 8.47. The van der Waals surface area contributed by atoms with Gasteiger partial charge in [0.05, 0.1) is 0 Å². The number of nitrogens with zero attached hydrogens (tertiary/aromatic N) is 4. The summed E-state index contributed by atoms with van der Waals surface area (Å²) in [4.78, 5) is 13.1. The molecule has 0 N–H and O–H groups in total. The maximum atomic E-state index is 4.64. The van der Waals surface area contributed by atoms with Gasteiger partial charge in [-0.2, -0.15) is 12.8 Å². The monoisotopic (exact) mass is 624 g/mol. The van der Waals surface area contributed by atoms with E-state index in [0.717, 1.165) is 28.4 Å². The molecule has 2 aliphatic carbocycles. The second-order valence-corrected chi connectivity index (χ2v) is 8.47. The first kappa shape index (κ1) is 23.2. The Morgan fingerprint density at radius 1 is 0.750 bits per heavy atom. The molecule has 3 aromatic rings. The fraction of sp³-hybridized carbons (Fsp3) is 0.308. The summed E-state index contributed by atoms with van der Waals surface area (Å²) in [6.07, 6.45) is 16.3.